The molecule has 0 saturated heterocycles. The highest BCUT2D eigenvalue weighted by Gasteiger charge is 2.29. The zero-order valence-electron chi connectivity index (χ0n) is 18.7. The average molecular weight is 514 g/mol. The first-order chi connectivity index (χ1) is 16.8. The fourth-order valence-corrected chi connectivity index (χ4v) is 6.98. The smallest absolute Gasteiger partial charge is 0.279 e. The Morgan fingerprint density at radius 2 is 1.83 bits per heavy atom. The van der Waals surface area contributed by atoms with Crippen molar-refractivity contribution in [3.63, 3.8) is 0 Å². The highest BCUT2D eigenvalue weighted by molar-refractivity contribution is 7.92. The number of fused-ring (bicyclic) bond motifs is 2. The van der Waals surface area contributed by atoms with Crippen molar-refractivity contribution >= 4 is 43.2 Å². The minimum Gasteiger partial charge on any atom is -0.314 e. The molecule has 6 nitrogen and oxygen atoms in total. The first-order valence-corrected chi connectivity index (χ1v) is 13.3. The van der Waals surface area contributed by atoms with Gasteiger partial charge < -0.3 is 4.57 Å². The summed E-state index contributed by atoms with van der Waals surface area (Å²) in [7, 11) is -3.80. The maximum absolute atomic E-state index is 14.3. The van der Waals surface area contributed by atoms with Crippen LogP contribution in [0.15, 0.2) is 70.6 Å². The predicted molar refractivity (Wildman–Crippen MR) is 131 cm³/mol. The summed E-state index contributed by atoms with van der Waals surface area (Å²) in [5, 5.41) is 0. The van der Waals surface area contributed by atoms with Crippen molar-refractivity contribution in [2.45, 2.75) is 31.2 Å². The number of carbonyl (C=O) groups excluding carboxylic acids is 1. The lowest BCUT2D eigenvalue weighted by molar-refractivity contribution is 0.0997. The predicted octanol–water partition coefficient (Wildman–Crippen LogP) is 4.88. The van der Waals surface area contributed by atoms with E-state index in [2.05, 4.69) is 4.99 Å². The van der Waals surface area contributed by atoms with E-state index in [1.165, 1.54) is 39.2 Å². The van der Waals surface area contributed by atoms with Gasteiger partial charge in [0.05, 0.1) is 20.8 Å². The Bertz CT molecular complexity index is 1620. The van der Waals surface area contributed by atoms with Gasteiger partial charge in [0, 0.05) is 24.7 Å². The Morgan fingerprint density at radius 1 is 1.09 bits per heavy atom. The van der Waals surface area contributed by atoms with Gasteiger partial charge in [0.1, 0.15) is 5.82 Å². The van der Waals surface area contributed by atoms with Crippen LogP contribution in [0.5, 0.6) is 0 Å². The summed E-state index contributed by atoms with van der Waals surface area (Å²) in [6.07, 6.45) is 1.55. The second-order valence-corrected chi connectivity index (χ2v) is 11.0. The van der Waals surface area contributed by atoms with E-state index in [0.29, 0.717) is 23.5 Å². The normalized spacial score (nSPS) is 14.4. The van der Waals surface area contributed by atoms with Crippen LogP contribution in [0.25, 0.3) is 10.2 Å². The quantitative estimate of drug-likeness (QED) is 0.390. The lowest BCUT2D eigenvalue weighted by atomic mass is 10.0. The second kappa shape index (κ2) is 9.01. The molecule has 1 aromatic heterocycles. The lowest BCUT2D eigenvalue weighted by Gasteiger charge is -2.30. The Labute approximate surface area is 204 Å². The Hall–Kier alpha value is -3.37. The Kier molecular flexibility index (Phi) is 6.02. The third-order valence-electron chi connectivity index (χ3n) is 5.97. The van der Waals surface area contributed by atoms with Crippen LogP contribution in [-0.4, -0.2) is 25.4 Å². The van der Waals surface area contributed by atoms with E-state index in [9.17, 15) is 22.0 Å². The molecule has 10 heteroatoms. The molecule has 0 atom stereocenters. The fraction of sp³-hybridized carbons (Fsp3) is 0.200. The Morgan fingerprint density at radius 3 is 2.57 bits per heavy atom. The van der Waals surface area contributed by atoms with Crippen LogP contribution in [0.3, 0.4) is 0 Å². The summed E-state index contributed by atoms with van der Waals surface area (Å²) in [6.45, 7) is 2.50. The van der Waals surface area contributed by atoms with Crippen LogP contribution in [0, 0.1) is 11.6 Å². The van der Waals surface area contributed by atoms with Gasteiger partial charge in [-0.2, -0.15) is 4.99 Å². The van der Waals surface area contributed by atoms with Crippen LogP contribution in [0.2, 0.25) is 0 Å². The number of anilines is 1. The molecule has 1 amide bonds. The molecule has 0 spiro atoms. The number of para-hydroxylation sites is 1. The molecule has 4 aromatic rings. The molecule has 0 unspecified atom stereocenters. The molecule has 5 rings (SSSR count). The first-order valence-electron chi connectivity index (χ1n) is 11.1. The molecule has 2 heterocycles. The third kappa shape index (κ3) is 4.17. The largest absolute Gasteiger partial charge is 0.314 e. The van der Waals surface area contributed by atoms with Crippen molar-refractivity contribution in [1.29, 1.82) is 0 Å². The first kappa shape index (κ1) is 23.4. The average Bonchev–Trinajstić information content (AvgIpc) is 3.20. The maximum Gasteiger partial charge on any atom is 0.279 e. The summed E-state index contributed by atoms with van der Waals surface area (Å²) in [5.74, 6) is -2.03. The number of rotatable bonds is 4. The molecule has 0 fully saturated rings. The van der Waals surface area contributed by atoms with Gasteiger partial charge in [0.25, 0.3) is 15.9 Å². The van der Waals surface area contributed by atoms with Gasteiger partial charge in [-0.25, -0.2) is 17.2 Å². The van der Waals surface area contributed by atoms with Crippen molar-refractivity contribution in [3.8, 4) is 0 Å². The van der Waals surface area contributed by atoms with E-state index in [0.717, 1.165) is 35.8 Å². The van der Waals surface area contributed by atoms with Crippen LogP contribution in [0.4, 0.5) is 14.5 Å². The topological polar surface area (TPSA) is 71.7 Å². The van der Waals surface area contributed by atoms with Crippen LogP contribution >= 0.6 is 11.3 Å². The third-order valence-corrected chi connectivity index (χ3v) is 8.82. The van der Waals surface area contributed by atoms with E-state index in [-0.39, 0.29) is 20.8 Å². The van der Waals surface area contributed by atoms with Crippen LogP contribution in [0.1, 0.15) is 29.3 Å². The summed E-state index contributed by atoms with van der Waals surface area (Å²) in [4.78, 5) is 17.3. The highest BCUT2D eigenvalue weighted by Crippen LogP contribution is 2.32. The van der Waals surface area contributed by atoms with E-state index in [1.54, 1.807) is 13.0 Å². The van der Waals surface area contributed by atoms with E-state index in [1.807, 2.05) is 18.2 Å². The number of thiazole rings is 1. The number of halogens is 2. The number of hydrogen-bond acceptors (Lipinski definition) is 4. The standard InChI is InChI=1S/C25H21F2N3O3S2/c1-2-29-23-20(27)14-18(26)15-22(23)34-25(29)28-24(31)17-9-11-19(12-10-17)35(32,33)30-13-5-7-16-6-3-4-8-21(16)30/h3-4,6,8-12,14-15H,2,5,7,13H2,1H3. The molecule has 1 aliphatic rings. The number of aryl methyl sites for hydroxylation is 2. The summed E-state index contributed by atoms with van der Waals surface area (Å²) >= 11 is 1.01. The van der Waals surface area contributed by atoms with Gasteiger partial charge in [-0.15, -0.1) is 0 Å². The maximum atomic E-state index is 14.3. The van der Waals surface area contributed by atoms with Crippen molar-refractivity contribution < 1.29 is 22.0 Å². The van der Waals surface area contributed by atoms with Gasteiger partial charge in [-0.05, 0) is 61.7 Å². The van der Waals surface area contributed by atoms with Crippen LogP contribution < -0.4 is 9.11 Å². The molecule has 0 aliphatic carbocycles. The number of sulfonamides is 1. The Balaban J connectivity index is 1.48. The number of carbonyl (C=O) groups is 1. The lowest BCUT2D eigenvalue weighted by Crippen LogP contribution is -2.35. The molecule has 35 heavy (non-hydrogen) atoms. The molecular formula is C25H21F2N3O3S2. The number of hydrogen-bond donors (Lipinski definition) is 0. The molecule has 1 aliphatic heterocycles. The number of amides is 1. The zero-order chi connectivity index (χ0) is 24.7. The molecule has 180 valence electrons. The molecule has 3 aromatic carbocycles. The molecule has 0 saturated carbocycles. The minimum atomic E-state index is -3.80. The molecule has 0 bridgehead atoms. The summed E-state index contributed by atoms with van der Waals surface area (Å²) in [5.41, 5.74) is 2.03. The minimum absolute atomic E-state index is 0.0776. The van der Waals surface area contributed by atoms with Crippen molar-refractivity contribution in [3.05, 3.63) is 88.2 Å². The van der Waals surface area contributed by atoms with Gasteiger partial charge in [0.15, 0.2) is 10.6 Å². The van der Waals surface area contributed by atoms with E-state index in [4.69, 9.17) is 0 Å². The number of nitrogens with zero attached hydrogens (tertiary/aromatic N) is 3. The summed E-state index contributed by atoms with van der Waals surface area (Å²) in [6, 6.07) is 15.0. The monoisotopic (exact) mass is 513 g/mol. The SMILES string of the molecule is CCn1c(=NC(=O)c2ccc(S(=O)(=O)N3CCCc4ccccc43)cc2)sc2cc(F)cc(F)c21. The van der Waals surface area contributed by atoms with Crippen molar-refractivity contribution in [2.24, 2.45) is 4.99 Å². The van der Waals surface area contributed by atoms with Crippen molar-refractivity contribution in [1.82, 2.24) is 4.57 Å². The zero-order valence-corrected chi connectivity index (χ0v) is 20.4. The second-order valence-electron chi connectivity index (χ2n) is 8.11. The van der Waals surface area contributed by atoms with Gasteiger partial charge in [-0.1, -0.05) is 29.5 Å². The molecular weight excluding hydrogens is 492 g/mol. The molecule has 0 radical (unpaired) electrons. The van der Waals surface area contributed by atoms with Crippen LogP contribution in [-0.2, 0) is 23.0 Å². The molecule has 0 N–H and O–H groups in total. The van der Waals surface area contributed by atoms with Gasteiger partial charge in [0.2, 0.25) is 0 Å². The summed E-state index contributed by atoms with van der Waals surface area (Å²) < 4.78 is 57.8. The van der Waals surface area contributed by atoms with Crippen molar-refractivity contribution in [2.75, 3.05) is 10.8 Å². The number of benzene rings is 3. The van der Waals surface area contributed by atoms with Gasteiger partial charge >= 0.3 is 0 Å². The highest BCUT2D eigenvalue weighted by atomic mass is 32.2. The van der Waals surface area contributed by atoms with E-state index < -0.39 is 27.6 Å². The van der Waals surface area contributed by atoms with Gasteiger partial charge in [-0.3, -0.25) is 9.10 Å². The fourth-order valence-electron chi connectivity index (χ4n) is 4.30. The van der Waals surface area contributed by atoms with E-state index >= 15 is 0 Å². The number of aromatic nitrogens is 1.